The Morgan fingerprint density at radius 3 is 2.73 bits per heavy atom. The van der Waals surface area contributed by atoms with Crippen molar-refractivity contribution in [3.63, 3.8) is 0 Å². The molecule has 0 aliphatic carbocycles. The van der Waals surface area contributed by atoms with E-state index in [2.05, 4.69) is 19.2 Å². The number of nitrogens with one attached hydrogen (secondary N) is 1. The molecule has 0 aliphatic rings. The number of carbonyl (C=O) groups excluding carboxylic acids is 1. The third-order valence-electron chi connectivity index (χ3n) is 1.96. The molecule has 0 rings (SSSR count). The summed E-state index contributed by atoms with van der Waals surface area (Å²) in [6.07, 6.45) is 2.43. The molecule has 0 bridgehead atoms. The average Bonchev–Trinajstić information content (AvgIpc) is 2.20. The predicted molar refractivity (Wildman–Crippen MR) is 63.2 cm³/mol. The first-order valence-electron chi connectivity index (χ1n) is 5.57. The second-order valence-electron chi connectivity index (χ2n) is 3.94. The maximum Gasteiger partial charge on any atom is 0.220 e. The molecule has 1 N–H and O–H groups in total. The minimum Gasteiger partial charge on any atom is -0.380 e. The lowest BCUT2D eigenvalue weighted by Gasteiger charge is -2.06. The third kappa shape index (κ3) is 11.6. The van der Waals surface area contributed by atoms with Gasteiger partial charge in [-0.2, -0.15) is 0 Å². The molecule has 0 saturated carbocycles. The normalized spacial score (nSPS) is 10.7. The minimum atomic E-state index is 0.140. The van der Waals surface area contributed by atoms with E-state index in [1.165, 1.54) is 0 Å². The molecule has 4 heteroatoms. The highest BCUT2D eigenvalue weighted by Crippen LogP contribution is 2.02. The molecule has 1 amide bonds. The number of hydrogen-bond donors (Lipinski definition) is 1. The summed E-state index contributed by atoms with van der Waals surface area (Å²) in [6, 6.07) is 0. The van der Waals surface area contributed by atoms with Gasteiger partial charge in [0.25, 0.3) is 0 Å². The number of amides is 1. The molecule has 0 atom stereocenters. The molecule has 0 fully saturated rings. The molecule has 15 heavy (non-hydrogen) atoms. The van der Waals surface area contributed by atoms with Gasteiger partial charge in [0.05, 0.1) is 6.61 Å². The smallest absolute Gasteiger partial charge is 0.220 e. The van der Waals surface area contributed by atoms with Crippen LogP contribution in [0.25, 0.3) is 0 Å². The first kappa shape index (κ1) is 14.7. The van der Waals surface area contributed by atoms with E-state index in [1.54, 1.807) is 0 Å². The van der Waals surface area contributed by atoms with Crippen molar-refractivity contribution in [1.82, 2.24) is 5.32 Å². The fourth-order valence-corrected chi connectivity index (χ4v) is 1.18. The van der Waals surface area contributed by atoms with Gasteiger partial charge in [-0.1, -0.05) is 13.8 Å². The van der Waals surface area contributed by atoms with Gasteiger partial charge >= 0.3 is 0 Å². The number of ether oxygens (including phenoxy) is 1. The van der Waals surface area contributed by atoms with Crippen LogP contribution >= 0.6 is 11.6 Å². The molecular weight excluding hydrogens is 214 g/mol. The van der Waals surface area contributed by atoms with Crippen LogP contribution in [0, 0.1) is 5.92 Å². The molecule has 0 heterocycles. The summed E-state index contributed by atoms with van der Waals surface area (Å²) in [7, 11) is 0. The van der Waals surface area contributed by atoms with Crippen LogP contribution in [-0.2, 0) is 9.53 Å². The zero-order valence-corrected chi connectivity index (χ0v) is 10.5. The van der Waals surface area contributed by atoms with Crippen LogP contribution in [-0.4, -0.2) is 31.5 Å². The Morgan fingerprint density at radius 2 is 2.13 bits per heavy atom. The van der Waals surface area contributed by atoms with Crippen molar-refractivity contribution in [3.05, 3.63) is 0 Å². The fourth-order valence-electron chi connectivity index (χ4n) is 1.07. The van der Waals surface area contributed by atoms with E-state index in [0.717, 1.165) is 12.8 Å². The van der Waals surface area contributed by atoms with Gasteiger partial charge in [-0.15, -0.1) is 11.6 Å². The summed E-state index contributed by atoms with van der Waals surface area (Å²) in [4.78, 5) is 11.3. The summed E-state index contributed by atoms with van der Waals surface area (Å²) in [5.41, 5.74) is 0. The SMILES string of the molecule is CC(C)CCC(=O)NCCCOCCCl. The lowest BCUT2D eigenvalue weighted by atomic mass is 10.1. The summed E-state index contributed by atoms with van der Waals surface area (Å²) >= 11 is 5.44. The predicted octanol–water partition coefficient (Wildman–Crippen LogP) is 2.18. The number of rotatable bonds is 9. The Morgan fingerprint density at radius 1 is 1.40 bits per heavy atom. The van der Waals surface area contributed by atoms with Crippen molar-refractivity contribution in [3.8, 4) is 0 Å². The molecular formula is C11H22ClNO2. The van der Waals surface area contributed by atoms with E-state index < -0.39 is 0 Å². The Labute approximate surface area is 97.5 Å². The largest absolute Gasteiger partial charge is 0.380 e. The van der Waals surface area contributed by atoms with E-state index in [1.807, 2.05) is 0 Å². The zero-order valence-electron chi connectivity index (χ0n) is 9.72. The number of hydrogen-bond acceptors (Lipinski definition) is 2. The van der Waals surface area contributed by atoms with Crippen LogP contribution in [0.1, 0.15) is 33.1 Å². The maximum atomic E-state index is 11.3. The van der Waals surface area contributed by atoms with E-state index in [4.69, 9.17) is 16.3 Å². The van der Waals surface area contributed by atoms with Crippen LogP contribution < -0.4 is 5.32 Å². The van der Waals surface area contributed by atoms with Crippen molar-refractivity contribution in [1.29, 1.82) is 0 Å². The molecule has 0 aromatic heterocycles. The van der Waals surface area contributed by atoms with Gasteiger partial charge in [-0.05, 0) is 18.8 Å². The van der Waals surface area contributed by atoms with Gasteiger partial charge in [0, 0.05) is 25.5 Å². The monoisotopic (exact) mass is 235 g/mol. The minimum absolute atomic E-state index is 0.140. The molecule has 0 unspecified atom stereocenters. The van der Waals surface area contributed by atoms with E-state index >= 15 is 0 Å². The van der Waals surface area contributed by atoms with Crippen molar-refractivity contribution in [2.24, 2.45) is 5.92 Å². The molecule has 0 aromatic rings. The highest BCUT2D eigenvalue weighted by Gasteiger charge is 2.01. The highest BCUT2D eigenvalue weighted by molar-refractivity contribution is 6.17. The highest BCUT2D eigenvalue weighted by atomic mass is 35.5. The molecule has 0 aromatic carbocycles. The number of alkyl halides is 1. The van der Waals surface area contributed by atoms with Crippen LogP contribution in [0.15, 0.2) is 0 Å². The first-order valence-corrected chi connectivity index (χ1v) is 6.10. The van der Waals surface area contributed by atoms with E-state index in [-0.39, 0.29) is 5.91 Å². The van der Waals surface area contributed by atoms with Gasteiger partial charge in [0.2, 0.25) is 5.91 Å². The summed E-state index contributed by atoms with van der Waals surface area (Å²) in [5.74, 6) is 1.25. The van der Waals surface area contributed by atoms with Gasteiger partial charge < -0.3 is 10.1 Å². The van der Waals surface area contributed by atoms with E-state index in [9.17, 15) is 4.79 Å². The molecule has 3 nitrogen and oxygen atoms in total. The van der Waals surface area contributed by atoms with Gasteiger partial charge in [0.15, 0.2) is 0 Å². The van der Waals surface area contributed by atoms with Crippen LogP contribution in [0.5, 0.6) is 0 Å². The fraction of sp³-hybridized carbons (Fsp3) is 0.909. The second kappa shape index (κ2) is 10.2. The Kier molecular flexibility index (Phi) is 10.1. The molecule has 0 aliphatic heterocycles. The average molecular weight is 236 g/mol. The van der Waals surface area contributed by atoms with Crippen LogP contribution in [0.3, 0.4) is 0 Å². The summed E-state index contributed by atoms with van der Waals surface area (Å²) in [5, 5.41) is 2.86. The second-order valence-corrected chi connectivity index (χ2v) is 4.32. The lowest BCUT2D eigenvalue weighted by molar-refractivity contribution is -0.121. The summed E-state index contributed by atoms with van der Waals surface area (Å²) < 4.78 is 5.18. The van der Waals surface area contributed by atoms with E-state index in [0.29, 0.717) is 38.0 Å². The number of halogens is 1. The van der Waals surface area contributed by atoms with Crippen molar-refractivity contribution < 1.29 is 9.53 Å². The third-order valence-corrected chi connectivity index (χ3v) is 2.11. The van der Waals surface area contributed by atoms with Gasteiger partial charge in [-0.3, -0.25) is 4.79 Å². The summed E-state index contributed by atoms with van der Waals surface area (Å²) in [6.45, 7) is 6.18. The van der Waals surface area contributed by atoms with Gasteiger partial charge in [0.1, 0.15) is 0 Å². The topological polar surface area (TPSA) is 38.3 Å². The van der Waals surface area contributed by atoms with Crippen LogP contribution in [0.4, 0.5) is 0 Å². The molecule has 0 saturated heterocycles. The quantitative estimate of drug-likeness (QED) is 0.492. The zero-order chi connectivity index (χ0) is 11.5. The Balaban J connectivity index is 3.17. The lowest BCUT2D eigenvalue weighted by Crippen LogP contribution is -2.25. The Bertz CT molecular complexity index is 163. The molecule has 90 valence electrons. The van der Waals surface area contributed by atoms with Crippen molar-refractivity contribution in [2.75, 3.05) is 25.6 Å². The molecule has 0 radical (unpaired) electrons. The molecule has 0 spiro atoms. The van der Waals surface area contributed by atoms with Crippen molar-refractivity contribution >= 4 is 17.5 Å². The maximum absolute atomic E-state index is 11.3. The first-order chi connectivity index (χ1) is 7.16. The Hall–Kier alpha value is -0.280. The van der Waals surface area contributed by atoms with Crippen molar-refractivity contribution in [2.45, 2.75) is 33.1 Å². The number of carbonyl (C=O) groups is 1. The van der Waals surface area contributed by atoms with Gasteiger partial charge in [-0.25, -0.2) is 0 Å². The standard InChI is InChI=1S/C11H22ClNO2/c1-10(2)4-5-11(14)13-7-3-8-15-9-6-12/h10H,3-9H2,1-2H3,(H,13,14). The van der Waals surface area contributed by atoms with Crippen LogP contribution in [0.2, 0.25) is 0 Å².